The molecule has 1 aromatic rings. The summed E-state index contributed by atoms with van der Waals surface area (Å²) >= 11 is 0. The molecule has 3 nitrogen and oxygen atoms in total. The smallest absolute Gasteiger partial charge is 0.191 e. The Hall–Kier alpha value is -1.51. The average molecular weight is 261 g/mol. The van der Waals surface area contributed by atoms with Gasteiger partial charge in [0.2, 0.25) is 0 Å². The van der Waals surface area contributed by atoms with Crippen molar-refractivity contribution in [3.8, 4) is 0 Å². The number of hydrogen-bond acceptors (Lipinski definition) is 1. The Kier molecular flexibility index (Phi) is 5.40. The van der Waals surface area contributed by atoms with E-state index < -0.39 is 0 Å². The maximum atomic E-state index is 4.65. The molecule has 106 valence electrons. The van der Waals surface area contributed by atoms with Crippen LogP contribution >= 0.6 is 0 Å². The first-order valence-electron chi connectivity index (χ1n) is 6.94. The van der Waals surface area contributed by atoms with Crippen molar-refractivity contribution in [2.75, 3.05) is 6.54 Å². The molecule has 0 amide bonds. The SMILES string of the molecule is CCNC(=NCc1ccc(C)cc1C)NC(C)(C)C. The summed E-state index contributed by atoms with van der Waals surface area (Å²) in [6.07, 6.45) is 0. The highest BCUT2D eigenvalue weighted by molar-refractivity contribution is 5.80. The van der Waals surface area contributed by atoms with Crippen LogP contribution in [0.3, 0.4) is 0 Å². The molecule has 0 fully saturated rings. The van der Waals surface area contributed by atoms with Gasteiger partial charge in [-0.1, -0.05) is 23.8 Å². The van der Waals surface area contributed by atoms with Crippen molar-refractivity contribution in [2.45, 2.75) is 53.6 Å². The number of guanidine groups is 1. The van der Waals surface area contributed by atoms with Crippen LogP contribution in [0.1, 0.15) is 44.4 Å². The van der Waals surface area contributed by atoms with Crippen LogP contribution in [0.5, 0.6) is 0 Å². The van der Waals surface area contributed by atoms with E-state index in [-0.39, 0.29) is 5.54 Å². The highest BCUT2D eigenvalue weighted by Gasteiger charge is 2.11. The number of benzene rings is 1. The minimum Gasteiger partial charge on any atom is -0.357 e. The molecule has 0 atom stereocenters. The summed E-state index contributed by atoms with van der Waals surface area (Å²) in [4.78, 5) is 4.65. The van der Waals surface area contributed by atoms with Gasteiger partial charge >= 0.3 is 0 Å². The van der Waals surface area contributed by atoms with Crippen LogP contribution in [0.4, 0.5) is 0 Å². The van der Waals surface area contributed by atoms with Gasteiger partial charge in [0.05, 0.1) is 6.54 Å². The fourth-order valence-corrected chi connectivity index (χ4v) is 1.85. The lowest BCUT2D eigenvalue weighted by atomic mass is 10.1. The Morgan fingerprint density at radius 2 is 1.89 bits per heavy atom. The molecule has 0 aliphatic heterocycles. The Labute approximate surface area is 117 Å². The predicted molar refractivity (Wildman–Crippen MR) is 83.6 cm³/mol. The molecular formula is C16H27N3. The zero-order valence-electron chi connectivity index (χ0n) is 13.1. The molecule has 0 spiro atoms. The van der Waals surface area contributed by atoms with E-state index in [1.807, 2.05) is 0 Å². The van der Waals surface area contributed by atoms with Gasteiger partial charge in [0.25, 0.3) is 0 Å². The van der Waals surface area contributed by atoms with Crippen LogP contribution in [0.15, 0.2) is 23.2 Å². The van der Waals surface area contributed by atoms with E-state index in [0.717, 1.165) is 12.5 Å². The second-order valence-electron chi connectivity index (χ2n) is 6.00. The molecule has 2 N–H and O–H groups in total. The number of hydrogen-bond donors (Lipinski definition) is 2. The zero-order chi connectivity index (χ0) is 14.5. The molecule has 3 heteroatoms. The van der Waals surface area contributed by atoms with Crippen molar-refractivity contribution in [3.05, 3.63) is 34.9 Å². The third kappa shape index (κ3) is 5.77. The summed E-state index contributed by atoms with van der Waals surface area (Å²) in [5.41, 5.74) is 3.89. The Balaban J connectivity index is 2.79. The van der Waals surface area contributed by atoms with Gasteiger partial charge in [-0.3, -0.25) is 0 Å². The van der Waals surface area contributed by atoms with Gasteiger partial charge < -0.3 is 10.6 Å². The molecule has 0 saturated carbocycles. The maximum absolute atomic E-state index is 4.65. The minimum atomic E-state index is 0.0172. The lowest BCUT2D eigenvalue weighted by Crippen LogP contribution is -2.47. The van der Waals surface area contributed by atoms with Gasteiger partial charge in [-0.05, 0) is 52.7 Å². The van der Waals surface area contributed by atoms with E-state index in [1.165, 1.54) is 16.7 Å². The first-order chi connectivity index (χ1) is 8.81. The predicted octanol–water partition coefficient (Wildman–Crippen LogP) is 3.16. The monoisotopic (exact) mass is 261 g/mol. The first-order valence-corrected chi connectivity index (χ1v) is 6.94. The van der Waals surface area contributed by atoms with Crippen molar-refractivity contribution in [3.63, 3.8) is 0 Å². The Bertz CT molecular complexity index is 442. The van der Waals surface area contributed by atoms with Crippen molar-refractivity contribution >= 4 is 5.96 Å². The first kappa shape index (κ1) is 15.5. The van der Waals surface area contributed by atoms with E-state index in [1.54, 1.807) is 0 Å². The molecule has 0 heterocycles. The van der Waals surface area contributed by atoms with E-state index in [2.05, 4.69) is 75.4 Å². The summed E-state index contributed by atoms with van der Waals surface area (Å²) in [6.45, 7) is 14.3. The Morgan fingerprint density at radius 3 is 2.42 bits per heavy atom. The van der Waals surface area contributed by atoms with Gasteiger partial charge in [0.15, 0.2) is 5.96 Å². The summed E-state index contributed by atoms with van der Waals surface area (Å²) < 4.78 is 0. The van der Waals surface area contributed by atoms with E-state index in [9.17, 15) is 0 Å². The van der Waals surface area contributed by atoms with Crippen LogP contribution in [0, 0.1) is 13.8 Å². The molecule has 0 aromatic heterocycles. The topological polar surface area (TPSA) is 36.4 Å². The summed E-state index contributed by atoms with van der Waals surface area (Å²) in [5, 5.41) is 6.68. The molecule has 0 unspecified atom stereocenters. The van der Waals surface area contributed by atoms with Crippen molar-refractivity contribution in [1.29, 1.82) is 0 Å². The summed E-state index contributed by atoms with van der Waals surface area (Å²) in [5.74, 6) is 0.870. The van der Waals surface area contributed by atoms with Crippen LogP contribution in [0.2, 0.25) is 0 Å². The second-order valence-corrected chi connectivity index (χ2v) is 6.00. The second kappa shape index (κ2) is 6.60. The quantitative estimate of drug-likeness (QED) is 0.648. The van der Waals surface area contributed by atoms with Crippen LogP contribution < -0.4 is 10.6 Å². The van der Waals surface area contributed by atoms with Gasteiger partial charge in [0.1, 0.15) is 0 Å². The number of aliphatic imine (C=N–C) groups is 1. The normalized spacial score (nSPS) is 12.4. The Morgan fingerprint density at radius 1 is 1.21 bits per heavy atom. The molecule has 0 radical (unpaired) electrons. The third-order valence-corrected chi connectivity index (χ3v) is 2.74. The van der Waals surface area contributed by atoms with Gasteiger partial charge in [-0.15, -0.1) is 0 Å². The molecule has 0 aliphatic rings. The molecule has 0 saturated heterocycles. The summed E-state index contributed by atoms with van der Waals surface area (Å²) in [6, 6.07) is 6.51. The van der Waals surface area contributed by atoms with Gasteiger partial charge in [-0.2, -0.15) is 0 Å². The highest BCUT2D eigenvalue weighted by atomic mass is 15.2. The molecule has 0 aliphatic carbocycles. The van der Waals surface area contributed by atoms with E-state index >= 15 is 0 Å². The zero-order valence-corrected chi connectivity index (χ0v) is 13.1. The number of nitrogens with zero attached hydrogens (tertiary/aromatic N) is 1. The third-order valence-electron chi connectivity index (χ3n) is 2.74. The minimum absolute atomic E-state index is 0.0172. The van der Waals surface area contributed by atoms with Crippen LogP contribution in [0.25, 0.3) is 0 Å². The van der Waals surface area contributed by atoms with Crippen molar-refractivity contribution < 1.29 is 0 Å². The van der Waals surface area contributed by atoms with Crippen molar-refractivity contribution in [1.82, 2.24) is 10.6 Å². The average Bonchev–Trinajstić information content (AvgIpc) is 2.26. The molecule has 0 bridgehead atoms. The number of aryl methyl sites for hydroxylation is 2. The number of nitrogens with one attached hydrogen (secondary N) is 2. The maximum Gasteiger partial charge on any atom is 0.191 e. The standard InChI is InChI=1S/C16H27N3/c1-7-17-15(19-16(4,5)6)18-11-14-9-8-12(2)10-13(14)3/h8-10H,7,11H2,1-6H3,(H2,17,18,19). The van der Waals surface area contributed by atoms with Crippen LogP contribution in [-0.2, 0) is 6.54 Å². The fraction of sp³-hybridized carbons (Fsp3) is 0.562. The van der Waals surface area contributed by atoms with Crippen molar-refractivity contribution in [2.24, 2.45) is 4.99 Å². The van der Waals surface area contributed by atoms with Gasteiger partial charge in [-0.25, -0.2) is 4.99 Å². The van der Waals surface area contributed by atoms with E-state index in [0.29, 0.717) is 6.54 Å². The molecular weight excluding hydrogens is 234 g/mol. The van der Waals surface area contributed by atoms with E-state index in [4.69, 9.17) is 0 Å². The molecule has 19 heavy (non-hydrogen) atoms. The highest BCUT2D eigenvalue weighted by Crippen LogP contribution is 2.11. The molecule has 1 rings (SSSR count). The lowest BCUT2D eigenvalue weighted by molar-refractivity contribution is 0.501. The van der Waals surface area contributed by atoms with Gasteiger partial charge in [0, 0.05) is 12.1 Å². The fourth-order valence-electron chi connectivity index (χ4n) is 1.85. The summed E-state index contributed by atoms with van der Waals surface area (Å²) in [7, 11) is 0. The largest absolute Gasteiger partial charge is 0.357 e. The van der Waals surface area contributed by atoms with Crippen LogP contribution in [-0.4, -0.2) is 18.0 Å². The lowest BCUT2D eigenvalue weighted by Gasteiger charge is -2.23. The molecule has 1 aromatic carbocycles. The number of rotatable bonds is 3.